The molecule has 0 saturated carbocycles. The van der Waals surface area contributed by atoms with Crippen LogP contribution >= 0.6 is 0 Å². The van der Waals surface area contributed by atoms with Gasteiger partial charge < -0.3 is 15.5 Å². The third kappa shape index (κ3) is 2.65. The predicted octanol–water partition coefficient (Wildman–Crippen LogP) is -0.887. The normalized spacial score (nSPS) is 11.8. The molecule has 0 amide bonds. The van der Waals surface area contributed by atoms with E-state index >= 15 is 0 Å². The number of nitrogens with one attached hydrogen (secondary N) is 1. The SMILES string of the molecule is N#Cc1ccnnc1NCC(O)CO. The molecule has 0 spiro atoms. The van der Waals surface area contributed by atoms with Crippen molar-refractivity contribution in [3.63, 3.8) is 0 Å². The molecule has 0 saturated heterocycles. The van der Waals surface area contributed by atoms with Crippen molar-refractivity contribution >= 4 is 5.82 Å². The quantitative estimate of drug-likeness (QED) is 0.575. The van der Waals surface area contributed by atoms with Crippen LogP contribution in [0.15, 0.2) is 12.3 Å². The van der Waals surface area contributed by atoms with Crippen LogP contribution in [0.5, 0.6) is 0 Å². The van der Waals surface area contributed by atoms with Gasteiger partial charge in [-0.25, -0.2) is 0 Å². The Bertz CT molecular complexity index is 336. The van der Waals surface area contributed by atoms with Crippen molar-refractivity contribution in [3.05, 3.63) is 17.8 Å². The van der Waals surface area contributed by atoms with Gasteiger partial charge in [0.15, 0.2) is 5.82 Å². The number of hydrogen-bond donors (Lipinski definition) is 3. The third-order valence-corrected chi connectivity index (χ3v) is 1.56. The second kappa shape index (κ2) is 5.11. The maximum absolute atomic E-state index is 9.04. The molecule has 1 aromatic rings. The Morgan fingerprint density at radius 3 is 3.07 bits per heavy atom. The van der Waals surface area contributed by atoms with E-state index in [-0.39, 0.29) is 13.2 Å². The monoisotopic (exact) mass is 194 g/mol. The zero-order chi connectivity index (χ0) is 10.4. The zero-order valence-electron chi connectivity index (χ0n) is 7.38. The van der Waals surface area contributed by atoms with E-state index < -0.39 is 6.10 Å². The minimum absolute atomic E-state index is 0.129. The van der Waals surface area contributed by atoms with Gasteiger partial charge in [-0.1, -0.05) is 0 Å². The summed E-state index contributed by atoms with van der Waals surface area (Å²) in [6, 6.07) is 3.44. The van der Waals surface area contributed by atoms with Gasteiger partial charge in [0, 0.05) is 6.54 Å². The number of nitriles is 1. The number of aromatic nitrogens is 2. The highest BCUT2D eigenvalue weighted by Gasteiger charge is 2.05. The van der Waals surface area contributed by atoms with Crippen molar-refractivity contribution in [2.24, 2.45) is 0 Å². The summed E-state index contributed by atoms with van der Waals surface area (Å²) in [6.45, 7) is -0.209. The molecule has 0 aliphatic rings. The minimum Gasteiger partial charge on any atom is -0.394 e. The van der Waals surface area contributed by atoms with Crippen LogP contribution in [0.2, 0.25) is 0 Å². The highest BCUT2D eigenvalue weighted by Crippen LogP contribution is 2.07. The van der Waals surface area contributed by atoms with Crippen molar-refractivity contribution in [1.29, 1.82) is 5.26 Å². The fraction of sp³-hybridized carbons (Fsp3) is 0.375. The average molecular weight is 194 g/mol. The van der Waals surface area contributed by atoms with E-state index in [4.69, 9.17) is 15.5 Å². The first-order chi connectivity index (χ1) is 6.77. The van der Waals surface area contributed by atoms with Gasteiger partial charge in [-0.15, -0.1) is 5.10 Å². The topological polar surface area (TPSA) is 102 Å². The molecule has 1 aromatic heterocycles. The number of nitrogens with zero attached hydrogens (tertiary/aromatic N) is 3. The summed E-state index contributed by atoms with van der Waals surface area (Å²) < 4.78 is 0. The third-order valence-electron chi connectivity index (χ3n) is 1.56. The van der Waals surface area contributed by atoms with Gasteiger partial charge in [-0.3, -0.25) is 0 Å². The molecule has 0 aliphatic heterocycles. The van der Waals surface area contributed by atoms with Crippen LogP contribution in [0.1, 0.15) is 5.56 Å². The molecule has 1 unspecified atom stereocenters. The second-order valence-corrected chi connectivity index (χ2v) is 2.62. The smallest absolute Gasteiger partial charge is 0.166 e. The first kappa shape index (κ1) is 10.4. The Hall–Kier alpha value is -1.71. The molecule has 6 heteroatoms. The van der Waals surface area contributed by atoms with E-state index in [1.165, 1.54) is 12.3 Å². The van der Waals surface area contributed by atoms with Crippen LogP contribution in [-0.2, 0) is 0 Å². The maximum atomic E-state index is 9.04. The molecule has 3 N–H and O–H groups in total. The molecule has 1 rings (SSSR count). The highest BCUT2D eigenvalue weighted by atomic mass is 16.3. The molecule has 0 aliphatic carbocycles. The molecular weight excluding hydrogens is 184 g/mol. The molecule has 0 fully saturated rings. The van der Waals surface area contributed by atoms with Gasteiger partial charge >= 0.3 is 0 Å². The molecule has 14 heavy (non-hydrogen) atoms. The first-order valence-electron chi connectivity index (χ1n) is 4.02. The molecule has 1 heterocycles. The lowest BCUT2D eigenvalue weighted by molar-refractivity contribution is 0.105. The van der Waals surface area contributed by atoms with E-state index in [1.807, 2.05) is 6.07 Å². The van der Waals surface area contributed by atoms with Crippen molar-refractivity contribution in [2.75, 3.05) is 18.5 Å². The molecule has 6 nitrogen and oxygen atoms in total. The Morgan fingerprint density at radius 1 is 1.64 bits per heavy atom. The lowest BCUT2D eigenvalue weighted by Crippen LogP contribution is -2.23. The van der Waals surface area contributed by atoms with E-state index in [0.29, 0.717) is 11.4 Å². The highest BCUT2D eigenvalue weighted by molar-refractivity contribution is 5.50. The lowest BCUT2D eigenvalue weighted by atomic mass is 10.3. The Labute approximate surface area is 80.8 Å². The van der Waals surface area contributed by atoms with Gasteiger partial charge in [0.25, 0.3) is 0 Å². The summed E-state index contributed by atoms with van der Waals surface area (Å²) in [4.78, 5) is 0. The molecule has 1 atom stereocenters. The van der Waals surface area contributed by atoms with Gasteiger partial charge in [0.2, 0.25) is 0 Å². The van der Waals surface area contributed by atoms with Gasteiger partial charge in [-0.05, 0) is 6.07 Å². The standard InChI is InChI=1S/C8H10N4O2/c9-3-6-1-2-11-12-8(6)10-4-7(14)5-13/h1-2,7,13-14H,4-5H2,(H,10,12). The molecule has 0 radical (unpaired) electrons. The number of anilines is 1. The summed E-state index contributed by atoms with van der Waals surface area (Å²) in [5.74, 6) is 0.308. The van der Waals surface area contributed by atoms with Crippen molar-refractivity contribution in [1.82, 2.24) is 10.2 Å². The summed E-state index contributed by atoms with van der Waals surface area (Å²) in [5, 5.41) is 36.2. The van der Waals surface area contributed by atoms with Gasteiger partial charge in [-0.2, -0.15) is 10.4 Å². The van der Waals surface area contributed by atoms with Crippen LogP contribution < -0.4 is 5.32 Å². The van der Waals surface area contributed by atoms with Crippen LogP contribution in [-0.4, -0.2) is 39.7 Å². The minimum atomic E-state index is -0.872. The lowest BCUT2D eigenvalue weighted by Gasteiger charge is -2.09. The fourth-order valence-electron chi connectivity index (χ4n) is 0.832. The van der Waals surface area contributed by atoms with E-state index in [9.17, 15) is 0 Å². The van der Waals surface area contributed by atoms with E-state index in [2.05, 4.69) is 15.5 Å². The average Bonchev–Trinajstić information content (AvgIpc) is 2.26. The van der Waals surface area contributed by atoms with E-state index in [0.717, 1.165) is 0 Å². The summed E-state index contributed by atoms with van der Waals surface area (Å²) >= 11 is 0. The number of aliphatic hydroxyl groups is 2. The fourth-order valence-corrected chi connectivity index (χ4v) is 0.832. The van der Waals surface area contributed by atoms with Crippen LogP contribution in [0, 0.1) is 11.3 Å². The Kier molecular flexibility index (Phi) is 3.79. The number of hydrogen-bond acceptors (Lipinski definition) is 6. The van der Waals surface area contributed by atoms with Crippen molar-refractivity contribution in [2.45, 2.75) is 6.10 Å². The molecule has 0 bridgehead atoms. The molecule has 74 valence electrons. The Balaban J connectivity index is 2.63. The van der Waals surface area contributed by atoms with Crippen LogP contribution in [0.25, 0.3) is 0 Å². The summed E-state index contributed by atoms with van der Waals surface area (Å²) in [5.41, 5.74) is 0.352. The predicted molar refractivity (Wildman–Crippen MR) is 48.3 cm³/mol. The van der Waals surface area contributed by atoms with Crippen molar-refractivity contribution < 1.29 is 10.2 Å². The van der Waals surface area contributed by atoms with Crippen molar-refractivity contribution in [3.8, 4) is 6.07 Å². The maximum Gasteiger partial charge on any atom is 0.166 e. The first-order valence-corrected chi connectivity index (χ1v) is 4.02. The summed E-state index contributed by atoms with van der Waals surface area (Å²) in [7, 11) is 0. The Morgan fingerprint density at radius 2 is 2.43 bits per heavy atom. The largest absolute Gasteiger partial charge is 0.394 e. The summed E-state index contributed by atoms with van der Waals surface area (Å²) in [6.07, 6.45) is 0.537. The zero-order valence-corrected chi connectivity index (χ0v) is 7.38. The van der Waals surface area contributed by atoms with Crippen LogP contribution in [0.3, 0.4) is 0 Å². The number of aliphatic hydroxyl groups excluding tert-OH is 2. The molecular formula is C8H10N4O2. The second-order valence-electron chi connectivity index (χ2n) is 2.62. The molecule has 0 aromatic carbocycles. The number of rotatable bonds is 4. The van der Waals surface area contributed by atoms with E-state index in [1.54, 1.807) is 0 Å². The van der Waals surface area contributed by atoms with Gasteiger partial charge in [0.1, 0.15) is 6.07 Å². The van der Waals surface area contributed by atoms with Crippen LogP contribution in [0.4, 0.5) is 5.82 Å². The van der Waals surface area contributed by atoms with Gasteiger partial charge in [0.05, 0.1) is 24.5 Å².